The molecule has 0 aromatic heterocycles. The summed E-state index contributed by atoms with van der Waals surface area (Å²) in [6.07, 6.45) is 5.60. The van der Waals surface area contributed by atoms with Crippen molar-refractivity contribution in [3.05, 3.63) is 85.0 Å². The average molecular weight is 418 g/mol. The second-order valence-corrected chi connectivity index (χ2v) is 8.44. The second kappa shape index (κ2) is 8.19. The van der Waals surface area contributed by atoms with Crippen LogP contribution in [0.25, 0.3) is 0 Å². The predicted octanol–water partition coefficient (Wildman–Crippen LogP) is 2.64. The molecule has 3 rings (SSSR count). The van der Waals surface area contributed by atoms with E-state index in [1.807, 2.05) is 0 Å². The number of benzene rings is 2. The summed E-state index contributed by atoms with van der Waals surface area (Å²) in [5.74, 6) is 0. The zero-order valence-electron chi connectivity index (χ0n) is 14.2. The Morgan fingerprint density at radius 3 is 1.18 bits per heavy atom. The molecule has 2 aromatic rings. The molecule has 10 heteroatoms. The molecule has 2 aromatic carbocycles. The third-order valence-electron chi connectivity index (χ3n) is 3.40. The van der Waals surface area contributed by atoms with Gasteiger partial charge in [0.2, 0.25) is 0 Å². The predicted molar refractivity (Wildman–Crippen MR) is 103 cm³/mol. The van der Waals surface area contributed by atoms with E-state index in [1.165, 1.54) is 48.6 Å². The lowest BCUT2D eigenvalue weighted by Gasteiger charge is -2.04. The third kappa shape index (κ3) is 4.93. The number of allylic oxidation sites excluding steroid dienone is 4. The fraction of sp³-hybridized carbons (Fsp3) is 0. The van der Waals surface area contributed by atoms with E-state index < -0.39 is 20.2 Å². The molecule has 0 bridgehead atoms. The van der Waals surface area contributed by atoms with Crippen LogP contribution in [0.2, 0.25) is 0 Å². The van der Waals surface area contributed by atoms with Gasteiger partial charge in [0.1, 0.15) is 21.2 Å². The van der Waals surface area contributed by atoms with Gasteiger partial charge in [0.05, 0.1) is 0 Å². The van der Waals surface area contributed by atoms with Crippen LogP contribution >= 0.6 is 0 Å². The molecule has 0 N–H and O–H groups in total. The monoisotopic (exact) mass is 418 g/mol. The van der Waals surface area contributed by atoms with E-state index in [4.69, 9.17) is 0 Å². The Kier molecular flexibility index (Phi) is 5.71. The SMILES string of the molecule is O=S(=O)(ON=C1C=CC(=NOS(=O)(=O)c2ccccc2)C=C1)c1ccccc1. The van der Waals surface area contributed by atoms with Crippen molar-refractivity contribution in [1.82, 2.24) is 0 Å². The molecule has 0 unspecified atom stereocenters. The Balaban J connectivity index is 1.65. The Bertz CT molecular complexity index is 1060. The van der Waals surface area contributed by atoms with E-state index in [0.717, 1.165) is 0 Å². The van der Waals surface area contributed by atoms with Gasteiger partial charge in [0.15, 0.2) is 0 Å². The number of oxime groups is 2. The largest absolute Gasteiger partial charge is 0.358 e. The van der Waals surface area contributed by atoms with Crippen molar-refractivity contribution in [3.8, 4) is 0 Å². The van der Waals surface area contributed by atoms with Crippen LogP contribution in [0.15, 0.2) is 105 Å². The lowest BCUT2D eigenvalue weighted by Crippen LogP contribution is -2.07. The summed E-state index contributed by atoms with van der Waals surface area (Å²) in [6.45, 7) is 0. The summed E-state index contributed by atoms with van der Waals surface area (Å²) >= 11 is 0. The van der Waals surface area contributed by atoms with Crippen LogP contribution in [0.1, 0.15) is 0 Å². The van der Waals surface area contributed by atoms with Gasteiger partial charge in [-0.1, -0.05) is 46.7 Å². The van der Waals surface area contributed by atoms with Gasteiger partial charge in [-0.15, -0.1) is 0 Å². The fourth-order valence-electron chi connectivity index (χ4n) is 2.02. The first-order chi connectivity index (χ1) is 13.4. The van der Waals surface area contributed by atoms with Gasteiger partial charge < -0.3 is 0 Å². The minimum Gasteiger partial charge on any atom is -0.264 e. The molecule has 0 radical (unpaired) electrons. The number of hydrogen-bond donors (Lipinski definition) is 0. The van der Waals surface area contributed by atoms with E-state index >= 15 is 0 Å². The Hall–Kier alpha value is -3.24. The van der Waals surface area contributed by atoms with Gasteiger partial charge in [-0.05, 0) is 48.6 Å². The molecule has 8 nitrogen and oxygen atoms in total. The smallest absolute Gasteiger partial charge is 0.264 e. The molecule has 0 amide bonds. The quantitative estimate of drug-likeness (QED) is 0.527. The second-order valence-electron chi connectivity index (χ2n) is 5.38. The highest BCUT2D eigenvalue weighted by molar-refractivity contribution is 7.87. The molecule has 0 spiro atoms. The minimum absolute atomic E-state index is 0.0233. The number of hydrogen-bond acceptors (Lipinski definition) is 8. The summed E-state index contributed by atoms with van der Waals surface area (Å²) in [7, 11) is -8.05. The highest BCUT2D eigenvalue weighted by Gasteiger charge is 2.16. The molecule has 0 fully saturated rings. The molecule has 0 saturated carbocycles. The van der Waals surface area contributed by atoms with Crippen LogP contribution in [0.4, 0.5) is 0 Å². The van der Waals surface area contributed by atoms with Crippen molar-refractivity contribution < 1.29 is 25.4 Å². The van der Waals surface area contributed by atoms with Gasteiger partial charge in [0.25, 0.3) is 0 Å². The lowest BCUT2D eigenvalue weighted by molar-refractivity contribution is 0.338. The van der Waals surface area contributed by atoms with E-state index in [0.29, 0.717) is 0 Å². The molecule has 0 atom stereocenters. The summed E-state index contributed by atoms with van der Waals surface area (Å²) in [5.41, 5.74) is 0.397. The molecule has 0 aliphatic heterocycles. The van der Waals surface area contributed by atoms with Crippen LogP contribution < -0.4 is 0 Å². The van der Waals surface area contributed by atoms with Gasteiger partial charge >= 0.3 is 20.2 Å². The van der Waals surface area contributed by atoms with Crippen molar-refractivity contribution in [1.29, 1.82) is 0 Å². The van der Waals surface area contributed by atoms with Gasteiger partial charge in [-0.2, -0.15) is 16.8 Å². The Morgan fingerprint density at radius 1 is 0.536 bits per heavy atom. The van der Waals surface area contributed by atoms with Gasteiger partial charge in [0, 0.05) is 0 Å². The molecule has 1 aliphatic rings. The van der Waals surface area contributed by atoms with Crippen LogP contribution in [0, 0.1) is 0 Å². The van der Waals surface area contributed by atoms with Gasteiger partial charge in [-0.25, -0.2) is 0 Å². The highest BCUT2D eigenvalue weighted by Crippen LogP contribution is 2.14. The first kappa shape index (κ1) is 19.5. The lowest BCUT2D eigenvalue weighted by atomic mass is 10.1. The third-order valence-corrected chi connectivity index (χ3v) is 5.64. The van der Waals surface area contributed by atoms with Crippen molar-refractivity contribution in [2.45, 2.75) is 9.79 Å². The van der Waals surface area contributed by atoms with Crippen molar-refractivity contribution >= 4 is 31.7 Å². The molecule has 0 heterocycles. The van der Waals surface area contributed by atoms with E-state index in [2.05, 4.69) is 18.9 Å². The molecule has 144 valence electrons. The van der Waals surface area contributed by atoms with E-state index in [9.17, 15) is 16.8 Å². The minimum atomic E-state index is -4.02. The maximum atomic E-state index is 12.0. The summed E-state index contributed by atoms with van der Waals surface area (Å²) < 4.78 is 57.3. The van der Waals surface area contributed by atoms with E-state index in [-0.39, 0.29) is 21.2 Å². The average Bonchev–Trinajstić information content (AvgIpc) is 2.73. The van der Waals surface area contributed by atoms with E-state index in [1.54, 1.807) is 36.4 Å². The number of rotatable bonds is 6. The van der Waals surface area contributed by atoms with Crippen molar-refractivity contribution in [2.24, 2.45) is 10.3 Å². The topological polar surface area (TPSA) is 111 Å². The Morgan fingerprint density at radius 2 is 0.857 bits per heavy atom. The van der Waals surface area contributed by atoms with Crippen LogP contribution in [-0.4, -0.2) is 28.3 Å². The maximum absolute atomic E-state index is 12.0. The summed E-state index contributed by atoms with van der Waals surface area (Å²) in [4.78, 5) is -0.0465. The number of nitrogens with zero attached hydrogens (tertiary/aromatic N) is 2. The van der Waals surface area contributed by atoms with Crippen molar-refractivity contribution in [3.63, 3.8) is 0 Å². The van der Waals surface area contributed by atoms with Crippen molar-refractivity contribution in [2.75, 3.05) is 0 Å². The van der Waals surface area contributed by atoms with Crippen LogP contribution in [-0.2, 0) is 28.8 Å². The standard InChI is InChI=1S/C18H14N2O6S2/c21-27(22,17-7-3-1-4-8-17)25-19-15-11-13-16(14-12-15)20-26-28(23,24)18-9-5-2-6-10-18/h1-14H. The molecular formula is C18H14N2O6S2. The first-order valence-electron chi connectivity index (χ1n) is 7.86. The Labute approximate surface area is 162 Å². The van der Waals surface area contributed by atoms with Crippen LogP contribution in [0.3, 0.4) is 0 Å². The maximum Gasteiger partial charge on any atom is 0.358 e. The summed E-state index contributed by atoms with van der Waals surface area (Å²) in [6, 6.07) is 15.2. The molecule has 1 aliphatic carbocycles. The first-order valence-corrected chi connectivity index (χ1v) is 10.7. The van der Waals surface area contributed by atoms with Gasteiger partial charge in [-0.3, -0.25) is 8.57 Å². The summed E-state index contributed by atoms with van der Waals surface area (Å²) in [5, 5.41) is 7.13. The zero-order chi connectivity index (χ0) is 20.0. The fourth-order valence-corrected chi connectivity index (χ4v) is 3.54. The molecular weight excluding hydrogens is 404 g/mol. The molecule has 28 heavy (non-hydrogen) atoms. The molecule has 0 saturated heterocycles. The normalized spacial score (nSPS) is 13.9. The van der Waals surface area contributed by atoms with Crippen LogP contribution in [0.5, 0.6) is 0 Å². The zero-order valence-corrected chi connectivity index (χ0v) is 15.9. The highest BCUT2D eigenvalue weighted by atomic mass is 32.2.